The molecular weight excluding hydrogens is 174 g/mol. The summed E-state index contributed by atoms with van der Waals surface area (Å²) in [4.78, 5) is 0. The normalized spacial score (nSPS) is 20.8. The third-order valence-corrected chi connectivity index (χ3v) is 3.36. The molecule has 1 aliphatic rings. The standard InChI is InChI=1S/C12H25NO/c1-3-4-5-6-11(2)13-9-12(10-14)7-8-12/h11,13-14H,3-10H2,1-2H3. The van der Waals surface area contributed by atoms with Gasteiger partial charge in [-0.15, -0.1) is 0 Å². The average Bonchev–Trinajstić information content (AvgIpc) is 2.96. The molecule has 2 nitrogen and oxygen atoms in total. The maximum Gasteiger partial charge on any atom is 0.0499 e. The Bertz CT molecular complexity index is 154. The van der Waals surface area contributed by atoms with Gasteiger partial charge in [-0.1, -0.05) is 26.2 Å². The van der Waals surface area contributed by atoms with Crippen LogP contribution in [0.5, 0.6) is 0 Å². The first-order valence-electron chi connectivity index (χ1n) is 6.07. The van der Waals surface area contributed by atoms with Crippen LogP contribution in [0.15, 0.2) is 0 Å². The van der Waals surface area contributed by atoms with Gasteiger partial charge >= 0.3 is 0 Å². The van der Waals surface area contributed by atoms with Gasteiger partial charge in [0.2, 0.25) is 0 Å². The van der Waals surface area contributed by atoms with Gasteiger partial charge in [-0.2, -0.15) is 0 Å². The fraction of sp³-hybridized carbons (Fsp3) is 1.00. The molecule has 1 unspecified atom stereocenters. The van der Waals surface area contributed by atoms with Crippen LogP contribution in [0.2, 0.25) is 0 Å². The number of aliphatic hydroxyl groups excluding tert-OH is 1. The highest BCUT2D eigenvalue weighted by Gasteiger charge is 2.41. The van der Waals surface area contributed by atoms with Gasteiger partial charge in [0, 0.05) is 24.6 Å². The lowest BCUT2D eigenvalue weighted by atomic mass is 10.1. The Kier molecular flexibility index (Phi) is 4.90. The van der Waals surface area contributed by atoms with Crippen molar-refractivity contribution in [2.75, 3.05) is 13.2 Å². The zero-order valence-corrected chi connectivity index (χ0v) is 9.68. The number of hydrogen-bond donors (Lipinski definition) is 2. The summed E-state index contributed by atoms with van der Waals surface area (Å²) < 4.78 is 0. The fourth-order valence-corrected chi connectivity index (χ4v) is 1.76. The van der Waals surface area contributed by atoms with Gasteiger partial charge in [-0.3, -0.25) is 0 Å². The monoisotopic (exact) mass is 199 g/mol. The molecule has 2 heteroatoms. The molecule has 0 saturated heterocycles. The first kappa shape index (κ1) is 12.0. The summed E-state index contributed by atoms with van der Waals surface area (Å²) in [5.74, 6) is 0. The molecule has 1 fully saturated rings. The number of hydrogen-bond acceptors (Lipinski definition) is 2. The summed E-state index contributed by atoms with van der Waals surface area (Å²) in [5.41, 5.74) is 0.263. The van der Waals surface area contributed by atoms with Crippen molar-refractivity contribution in [1.29, 1.82) is 0 Å². The van der Waals surface area contributed by atoms with Crippen LogP contribution in [0.4, 0.5) is 0 Å². The van der Waals surface area contributed by atoms with E-state index in [9.17, 15) is 0 Å². The third kappa shape index (κ3) is 3.97. The van der Waals surface area contributed by atoms with Crippen molar-refractivity contribution < 1.29 is 5.11 Å². The largest absolute Gasteiger partial charge is 0.396 e. The van der Waals surface area contributed by atoms with E-state index >= 15 is 0 Å². The Morgan fingerprint density at radius 3 is 2.57 bits per heavy atom. The van der Waals surface area contributed by atoms with E-state index in [0.29, 0.717) is 12.6 Å². The van der Waals surface area contributed by atoms with Gasteiger partial charge in [-0.05, 0) is 26.2 Å². The Labute approximate surface area is 88.1 Å². The van der Waals surface area contributed by atoms with E-state index in [4.69, 9.17) is 5.11 Å². The third-order valence-electron chi connectivity index (χ3n) is 3.36. The minimum absolute atomic E-state index is 0.263. The summed E-state index contributed by atoms with van der Waals surface area (Å²) in [6, 6.07) is 0.616. The zero-order valence-electron chi connectivity index (χ0n) is 9.68. The number of aliphatic hydroxyl groups is 1. The molecule has 14 heavy (non-hydrogen) atoms. The van der Waals surface area contributed by atoms with Gasteiger partial charge in [0.05, 0.1) is 0 Å². The van der Waals surface area contributed by atoms with Crippen LogP contribution in [0.25, 0.3) is 0 Å². The van der Waals surface area contributed by atoms with Crippen LogP contribution in [0.3, 0.4) is 0 Å². The Balaban J connectivity index is 2.00. The molecule has 0 aromatic rings. The van der Waals surface area contributed by atoms with Crippen molar-refractivity contribution in [3.63, 3.8) is 0 Å². The molecule has 0 spiro atoms. The molecule has 84 valence electrons. The second-order valence-corrected chi connectivity index (χ2v) is 4.94. The molecule has 0 heterocycles. The molecule has 0 aliphatic heterocycles. The zero-order chi connectivity index (χ0) is 10.4. The van der Waals surface area contributed by atoms with Crippen molar-refractivity contribution in [1.82, 2.24) is 5.32 Å². The van der Waals surface area contributed by atoms with Crippen LogP contribution < -0.4 is 5.32 Å². The van der Waals surface area contributed by atoms with E-state index < -0.39 is 0 Å². The summed E-state index contributed by atoms with van der Waals surface area (Å²) in [7, 11) is 0. The van der Waals surface area contributed by atoms with Crippen molar-refractivity contribution in [3.05, 3.63) is 0 Å². The predicted molar refractivity (Wildman–Crippen MR) is 60.4 cm³/mol. The van der Waals surface area contributed by atoms with Crippen LogP contribution in [0, 0.1) is 5.41 Å². The maximum atomic E-state index is 9.14. The van der Waals surface area contributed by atoms with Gasteiger partial charge < -0.3 is 10.4 Å². The van der Waals surface area contributed by atoms with E-state index in [0.717, 1.165) is 6.54 Å². The lowest BCUT2D eigenvalue weighted by Gasteiger charge is -2.18. The molecule has 1 saturated carbocycles. The first-order chi connectivity index (χ1) is 6.72. The summed E-state index contributed by atoms with van der Waals surface area (Å²) >= 11 is 0. The average molecular weight is 199 g/mol. The number of rotatable bonds is 8. The molecule has 0 radical (unpaired) electrons. The number of nitrogens with one attached hydrogen (secondary N) is 1. The SMILES string of the molecule is CCCCCC(C)NCC1(CO)CC1. The van der Waals surface area contributed by atoms with Gasteiger partial charge in [0.25, 0.3) is 0 Å². The van der Waals surface area contributed by atoms with Crippen LogP contribution >= 0.6 is 0 Å². The van der Waals surface area contributed by atoms with E-state index in [1.165, 1.54) is 38.5 Å². The highest BCUT2D eigenvalue weighted by Crippen LogP contribution is 2.44. The summed E-state index contributed by atoms with van der Waals surface area (Å²) in [5, 5.41) is 12.7. The van der Waals surface area contributed by atoms with Gasteiger partial charge in [-0.25, -0.2) is 0 Å². The number of unbranched alkanes of at least 4 members (excludes halogenated alkanes) is 2. The molecule has 1 rings (SSSR count). The molecule has 0 amide bonds. The summed E-state index contributed by atoms with van der Waals surface area (Å²) in [6.07, 6.45) is 7.66. The van der Waals surface area contributed by atoms with E-state index in [2.05, 4.69) is 19.2 Å². The minimum Gasteiger partial charge on any atom is -0.396 e. The second-order valence-electron chi connectivity index (χ2n) is 4.94. The smallest absolute Gasteiger partial charge is 0.0499 e. The molecule has 0 aromatic carbocycles. The van der Waals surface area contributed by atoms with Gasteiger partial charge in [0.1, 0.15) is 0 Å². The van der Waals surface area contributed by atoms with Crippen LogP contribution in [0.1, 0.15) is 52.4 Å². The Morgan fingerprint density at radius 2 is 2.07 bits per heavy atom. The van der Waals surface area contributed by atoms with Crippen LogP contribution in [-0.4, -0.2) is 24.3 Å². The second kappa shape index (κ2) is 5.72. The Morgan fingerprint density at radius 1 is 1.36 bits per heavy atom. The molecule has 1 aliphatic carbocycles. The predicted octanol–water partition coefficient (Wildman–Crippen LogP) is 2.32. The van der Waals surface area contributed by atoms with Crippen molar-refractivity contribution in [2.24, 2.45) is 5.41 Å². The van der Waals surface area contributed by atoms with E-state index in [1.54, 1.807) is 0 Å². The minimum atomic E-state index is 0.263. The highest BCUT2D eigenvalue weighted by atomic mass is 16.3. The highest BCUT2D eigenvalue weighted by molar-refractivity contribution is 4.94. The van der Waals surface area contributed by atoms with Gasteiger partial charge in [0.15, 0.2) is 0 Å². The fourth-order valence-electron chi connectivity index (χ4n) is 1.76. The molecule has 1 atom stereocenters. The molecule has 0 aromatic heterocycles. The maximum absolute atomic E-state index is 9.14. The van der Waals surface area contributed by atoms with E-state index in [1.807, 2.05) is 0 Å². The van der Waals surface area contributed by atoms with Crippen molar-refractivity contribution in [2.45, 2.75) is 58.4 Å². The summed E-state index contributed by atoms with van der Waals surface area (Å²) in [6.45, 7) is 5.87. The van der Waals surface area contributed by atoms with Crippen molar-refractivity contribution in [3.8, 4) is 0 Å². The van der Waals surface area contributed by atoms with Crippen LogP contribution in [-0.2, 0) is 0 Å². The molecular formula is C12H25NO. The molecule has 2 N–H and O–H groups in total. The van der Waals surface area contributed by atoms with E-state index in [-0.39, 0.29) is 5.41 Å². The topological polar surface area (TPSA) is 32.3 Å². The quantitative estimate of drug-likeness (QED) is 0.588. The lowest BCUT2D eigenvalue weighted by molar-refractivity contribution is 0.204. The van der Waals surface area contributed by atoms with Crippen molar-refractivity contribution >= 4 is 0 Å². The Hall–Kier alpha value is -0.0800. The first-order valence-corrected chi connectivity index (χ1v) is 6.07. The molecule has 0 bridgehead atoms. The lowest BCUT2D eigenvalue weighted by Crippen LogP contribution is -2.33.